The molecule has 4 aromatic rings. The van der Waals surface area contributed by atoms with Crippen molar-refractivity contribution in [3.8, 4) is 0 Å². The van der Waals surface area contributed by atoms with Gasteiger partial charge in [-0.1, -0.05) is 161 Å². The van der Waals surface area contributed by atoms with Gasteiger partial charge in [-0.3, -0.25) is 0 Å². The van der Waals surface area contributed by atoms with Crippen LogP contribution in [0.5, 0.6) is 0 Å². The Morgan fingerprint density at radius 1 is 0.833 bits per heavy atom. The molecule has 0 atom stereocenters. The Morgan fingerprint density at radius 2 is 1.57 bits per heavy atom. The molecule has 0 spiro atoms. The van der Waals surface area contributed by atoms with Crippen LogP contribution in [0.3, 0.4) is 0 Å². The molecule has 4 aromatic carbocycles. The van der Waals surface area contributed by atoms with Gasteiger partial charge < -0.3 is 16.0 Å². The van der Waals surface area contributed by atoms with Gasteiger partial charge in [-0.15, -0.1) is 0 Å². The van der Waals surface area contributed by atoms with Crippen molar-refractivity contribution < 1.29 is 0 Å². The van der Waals surface area contributed by atoms with Gasteiger partial charge in [-0.2, -0.15) is 0 Å². The Hall–Kier alpha value is -5.71. The fourth-order valence-corrected chi connectivity index (χ4v) is 7.31. The summed E-state index contributed by atoms with van der Waals surface area (Å²) >= 11 is 1.74. The third-order valence-corrected chi connectivity index (χ3v) is 9.97. The average molecular weight is 728 g/mol. The second kappa shape index (κ2) is 20.5. The number of nitrogens with one attached hydrogen (secondary N) is 1. The molecule has 0 radical (unpaired) electrons. The normalized spacial score (nSPS) is 16.4. The molecule has 4 heteroatoms. The second-order valence-electron chi connectivity index (χ2n) is 12.5. The first-order valence-electron chi connectivity index (χ1n) is 19.1. The lowest BCUT2D eigenvalue weighted by molar-refractivity contribution is 0.901. The monoisotopic (exact) mass is 727 g/mol. The summed E-state index contributed by atoms with van der Waals surface area (Å²) in [6.45, 7) is 12.4. The first-order chi connectivity index (χ1) is 26.6. The van der Waals surface area contributed by atoms with Gasteiger partial charge in [0.2, 0.25) is 0 Å². The van der Waals surface area contributed by atoms with Crippen LogP contribution < -0.4 is 16.0 Å². The van der Waals surface area contributed by atoms with E-state index in [0.29, 0.717) is 0 Å². The van der Waals surface area contributed by atoms with Gasteiger partial charge in [0.1, 0.15) is 0 Å². The molecule has 274 valence electrons. The van der Waals surface area contributed by atoms with Crippen LogP contribution in [0.25, 0.3) is 16.8 Å². The summed E-state index contributed by atoms with van der Waals surface area (Å²) in [6, 6.07) is 36.0. The Labute approximate surface area is 328 Å². The Balaban J connectivity index is 0.00000136. The Kier molecular flexibility index (Phi) is 15.0. The lowest BCUT2D eigenvalue weighted by atomic mass is 9.96. The minimum Gasteiger partial charge on any atom is -0.398 e. The molecule has 3 N–H and O–H groups in total. The van der Waals surface area contributed by atoms with Crippen LogP contribution in [-0.2, 0) is 6.42 Å². The van der Waals surface area contributed by atoms with Gasteiger partial charge in [0.25, 0.3) is 0 Å². The number of anilines is 2. The first kappa shape index (κ1) is 39.5. The van der Waals surface area contributed by atoms with E-state index in [1.165, 1.54) is 33.0 Å². The molecular weight excluding hydrogens is 675 g/mol. The van der Waals surface area contributed by atoms with Crippen molar-refractivity contribution in [1.29, 1.82) is 0 Å². The molecule has 0 saturated carbocycles. The molecule has 0 bridgehead atoms. The number of para-hydroxylation sites is 1. The van der Waals surface area contributed by atoms with E-state index < -0.39 is 0 Å². The van der Waals surface area contributed by atoms with Crippen molar-refractivity contribution in [1.82, 2.24) is 0 Å². The molecule has 1 heterocycles. The maximum Gasteiger partial charge on any atom is 0.0540 e. The smallest absolute Gasteiger partial charge is 0.0540 e. The number of fused-ring (bicyclic) bond motifs is 1. The second-order valence-corrected chi connectivity index (χ2v) is 13.4. The summed E-state index contributed by atoms with van der Waals surface area (Å²) in [5, 5.41) is 5.89. The summed E-state index contributed by atoms with van der Waals surface area (Å²) in [4.78, 5) is 3.62. The molecule has 3 aliphatic rings. The Bertz CT molecular complexity index is 2120. The lowest BCUT2D eigenvalue weighted by Crippen LogP contribution is -2.23. The van der Waals surface area contributed by atoms with E-state index in [1.807, 2.05) is 45.9 Å². The number of thioether (sulfide) groups is 1. The van der Waals surface area contributed by atoms with Crippen LogP contribution >= 0.6 is 11.8 Å². The van der Waals surface area contributed by atoms with Crippen molar-refractivity contribution in [2.45, 2.75) is 58.3 Å². The van der Waals surface area contributed by atoms with Crippen LogP contribution in [0.2, 0.25) is 0 Å². The zero-order valence-electron chi connectivity index (χ0n) is 32.1. The highest BCUT2D eigenvalue weighted by Crippen LogP contribution is 2.42. The Morgan fingerprint density at radius 3 is 2.33 bits per heavy atom. The molecule has 0 fully saturated rings. The standard InChI is InChI=1S/C46H41N3S.2C2H6/c1-34-25-29-41(33-50-46-24-14-12-22-42(34)46)49(40-20-9-4-10-21-40)45-32-37(44(47)23-13-11-17-35-15-5-2-6-16-35)27-30-43(45)36-26-28-39(31-36)48-38-18-7-3-8-19-38;2*1-2/h2-9,11-16,18-20,22-30,32-33,48H,1,10,17,21,31,47H2;2*1-2H3/b13-11-,29-25-,41-33+,44-23-;;. The number of benzene rings is 4. The van der Waals surface area contributed by atoms with Crippen LogP contribution in [0.4, 0.5) is 11.4 Å². The van der Waals surface area contributed by atoms with E-state index in [1.54, 1.807) is 11.8 Å². The van der Waals surface area contributed by atoms with Crippen molar-refractivity contribution in [3.63, 3.8) is 0 Å². The maximum absolute atomic E-state index is 6.82. The number of rotatable bonds is 10. The van der Waals surface area contributed by atoms with Crippen molar-refractivity contribution >= 4 is 40.0 Å². The highest BCUT2D eigenvalue weighted by molar-refractivity contribution is 8.02. The molecule has 0 aromatic heterocycles. The van der Waals surface area contributed by atoms with Gasteiger partial charge in [-0.25, -0.2) is 0 Å². The number of hydrogen-bond acceptors (Lipinski definition) is 4. The highest BCUT2D eigenvalue weighted by Gasteiger charge is 2.24. The number of nitrogens with zero attached hydrogens (tertiary/aromatic N) is 1. The molecule has 2 aliphatic carbocycles. The summed E-state index contributed by atoms with van der Waals surface area (Å²) in [5.41, 5.74) is 20.1. The lowest BCUT2D eigenvalue weighted by Gasteiger charge is -2.33. The summed E-state index contributed by atoms with van der Waals surface area (Å²) in [6.07, 6.45) is 25.3. The quantitative estimate of drug-likeness (QED) is 0.160. The number of allylic oxidation sites excluding steroid dienone is 13. The summed E-state index contributed by atoms with van der Waals surface area (Å²) in [7, 11) is 0. The number of hydrogen-bond donors (Lipinski definition) is 2. The maximum atomic E-state index is 6.82. The third kappa shape index (κ3) is 10.2. The SMILES string of the molecule is C=C1/C=C\C(N(C2=CC=CCC2)c2cc(/C(N)=C/C=C\Cc3ccccc3)ccc2C2=CC=C(Nc3ccccc3)C2)=C/Sc2ccccc21.CC.CC. The predicted octanol–water partition coefficient (Wildman–Crippen LogP) is 13.9. The van der Waals surface area contributed by atoms with E-state index in [0.717, 1.165) is 65.2 Å². The van der Waals surface area contributed by atoms with E-state index in [2.05, 4.69) is 168 Å². The average Bonchev–Trinajstić information content (AvgIpc) is 3.70. The summed E-state index contributed by atoms with van der Waals surface area (Å²) in [5.74, 6) is 0. The first-order valence-corrected chi connectivity index (χ1v) is 20.0. The predicted molar refractivity (Wildman–Crippen MR) is 239 cm³/mol. The fraction of sp³-hybridized carbons (Fsp3) is 0.160. The third-order valence-electron chi connectivity index (χ3n) is 9.00. The van der Waals surface area contributed by atoms with Crippen molar-refractivity contribution in [2.24, 2.45) is 5.73 Å². The number of nitrogens with two attached hydrogens (primary N) is 1. The summed E-state index contributed by atoms with van der Waals surface area (Å²) < 4.78 is 0. The van der Waals surface area contributed by atoms with E-state index in [-0.39, 0.29) is 0 Å². The highest BCUT2D eigenvalue weighted by atomic mass is 32.2. The van der Waals surface area contributed by atoms with Gasteiger partial charge in [0, 0.05) is 39.7 Å². The molecule has 3 nitrogen and oxygen atoms in total. The van der Waals surface area contributed by atoms with Crippen molar-refractivity contribution in [2.75, 3.05) is 10.2 Å². The molecule has 0 saturated heterocycles. The molecule has 0 unspecified atom stereocenters. The molecule has 7 rings (SSSR count). The minimum atomic E-state index is 0.725. The van der Waals surface area contributed by atoms with E-state index in [9.17, 15) is 0 Å². The van der Waals surface area contributed by atoms with Crippen molar-refractivity contribution in [3.05, 3.63) is 215 Å². The van der Waals surface area contributed by atoms with Gasteiger partial charge in [0.05, 0.1) is 11.4 Å². The minimum absolute atomic E-state index is 0.725. The zero-order valence-corrected chi connectivity index (χ0v) is 33.0. The molecule has 54 heavy (non-hydrogen) atoms. The topological polar surface area (TPSA) is 41.3 Å². The van der Waals surface area contributed by atoms with Crippen LogP contribution in [-0.4, -0.2) is 0 Å². The van der Waals surface area contributed by atoms with E-state index >= 15 is 0 Å². The fourth-order valence-electron chi connectivity index (χ4n) is 6.39. The molecular formula is C50H53N3S. The largest absolute Gasteiger partial charge is 0.398 e. The zero-order chi connectivity index (χ0) is 38.1. The molecule has 1 aliphatic heterocycles. The van der Waals surface area contributed by atoms with Gasteiger partial charge >= 0.3 is 0 Å². The van der Waals surface area contributed by atoms with Crippen LogP contribution in [0.15, 0.2) is 198 Å². The van der Waals surface area contributed by atoms with Gasteiger partial charge in [-0.05, 0) is 101 Å². The van der Waals surface area contributed by atoms with Crippen LogP contribution in [0.1, 0.15) is 69.2 Å². The van der Waals surface area contributed by atoms with Gasteiger partial charge in [0.15, 0.2) is 0 Å². The van der Waals surface area contributed by atoms with Crippen LogP contribution in [0, 0.1) is 0 Å². The van der Waals surface area contributed by atoms with E-state index in [4.69, 9.17) is 5.73 Å². The molecule has 0 amide bonds.